The molecule has 1 aliphatic rings. The first kappa shape index (κ1) is 20.1. The Bertz CT molecular complexity index is 1100. The Kier molecular flexibility index (Phi) is 5.52. The van der Waals surface area contributed by atoms with Crippen molar-refractivity contribution in [2.24, 2.45) is 0 Å². The number of hydrogen-bond donors (Lipinski definition) is 1. The number of aromatic nitrogens is 2. The van der Waals surface area contributed by atoms with Crippen molar-refractivity contribution in [3.05, 3.63) is 80.5 Å². The van der Waals surface area contributed by atoms with Crippen molar-refractivity contribution >= 4 is 23.2 Å². The van der Waals surface area contributed by atoms with Gasteiger partial charge in [0.2, 0.25) is 0 Å². The lowest BCUT2D eigenvalue weighted by molar-refractivity contribution is -0.384. The quantitative estimate of drug-likeness (QED) is 0.346. The number of methoxy groups -OCH3 is 1. The van der Waals surface area contributed by atoms with Crippen LogP contribution in [-0.2, 0) is 4.74 Å². The summed E-state index contributed by atoms with van der Waals surface area (Å²) in [6.07, 6.45) is 0.674. The summed E-state index contributed by atoms with van der Waals surface area (Å²) >= 11 is 6.50. The zero-order chi connectivity index (χ0) is 21.3. The second kappa shape index (κ2) is 8.25. The number of hydrogen-bond acceptors (Lipinski definition) is 5. The summed E-state index contributed by atoms with van der Waals surface area (Å²) in [5, 5.41) is 18.8. The number of amides is 1. The smallest absolute Gasteiger partial charge is 0.273 e. The Morgan fingerprint density at radius 2 is 1.97 bits per heavy atom. The van der Waals surface area contributed by atoms with E-state index in [0.29, 0.717) is 41.5 Å². The molecule has 0 spiro atoms. The highest BCUT2D eigenvalue weighted by atomic mass is 35.5. The molecule has 2 heterocycles. The lowest BCUT2D eigenvalue weighted by Crippen LogP contribution is -2.31. The molecule has 8 nitrogen and oxygen atoms in total. The minimum absolute atomic E-state index is 0.00847. The average molecular weight is 427 g/mol. The molecule has 1 aliphatic heterocycles. The monoisotopic (exact) mass is 426 g/mol. The summed E-state index contributed by atoms with van der Waals surface area (Å²) in [7, 11) is 1.62. The Hall–Kier alpha value is -3.23. The van der Waals surface area contributed by atoms with Gasteiger partial charge in [0.15, 0.2) is 0 Å². The first-order chi connectivity index (χ1) is 14.5. The number of nitro benzene ring substituents is 1. The molecule has 154 valence electrons. The second-order valence-corrected chi connectivity index (χ2v) is 7.34. The van der Waals surface area contributed by atoms with Gasteiger partial charge < -0.3 is 9.64 Å². The SMILES string of the molecule is COCCCN1C(=O)c2[nH]nc(-c3ccc([N+](=O)[O-])cc3)c2C1c1ccccc1Cl. The molecule has 1 atom stereocenters. The van der Waals surface area contributed by atoms with Gasteiger partial charge in [0.25, 0.3) is 11.6 Å². The molecule has 1 N–H and O–H groups in total. The molecular formula is C21H19ClN4O4. The fourth-order valence-corrected chi connectivity index (χ4v) is 4.03. The van der Waals surface area contributed by atoms with E-state index in [4.69, 9.17) is 16.3 Å². The van der Waals surface area contributed by atoms with Gasteiger partial charge in [-0.2, -0.15) is 5.10 Å². The van der Waals surface area contributed by atoms with Crippen LogP contribution in [-0.4, -0.2) is 46.2 Å². The lowest BCUT2D eigenvalue weighted by atomic mass is 9.96. The van der Waals surface area contributed by atoms with Gasteiger partial charge in [0.05, 0.1) is 16.7 Å². The summed E-state index contributed by atoms with van der Waals surface area (Å²) in [5.41, 5.74) is 3.18. The topological polar surface area (TPSA) is 101 Å². The third-order valence-corrected chi connectivity index (χ3v) is 5.51. The summed E-state index contributed by atoms with van der Waals surface area (Å²) in [6, 6.07) is 13.1. The molecule has 0 bridgehead atoms. The lowest BCUT2D eigenvalue weighted by Gasteiger charge is -2.27. The van der Waals surface area contributed by atoms with Crippen LogP contribution < -0.4 is 0 Å². The number of nitro groups is 1. The van der Waals surface area contributed by atoms with Crippen LogP contribution >= 0.6 is 11.6 Å². The largest absolute Gasteiger partial charge is 0.385 e. The standard InChI is InChI=1S/C21H19ClN4O4/c1-30-12-4-11-25-20(15-5-2-3-6-16(15)22)17-18(23-24-19(17)21(25)27)13-7-9-14(10-8-13)26(28)29/h2-3,5-10,20H,4,11-12H2,1H3,(H,23,24). The van der Waals surface area contributed by atoms with Crippen LogP contribution in [0.5, 0.6) is 0 Å². The molecular weight excluding hydrogens is 408 g/mol. The zero-order valence-corrected chi connectivity index (χ0v) is 16.9. The van der Waals surface area contributed by atoms with Gasteiger partial charge >= 0.3 is 0 Å². The first-order valence-corrected chi connectivity index (χ1v) is 9.78. The number of ether oxygens (including phenoxy) is 1. The summed E-state index contributed by atoms with van der Waals surface area (Å²) in [4.78, 5) is 25.4. The maximum atomic E-state index is 13.2. The van der Waals surface area contributed by atoms with Crippen LogP contribution in [0.15, 0.2) is 48.5 Å². The number of nitrogens with one attached hydrogen (secondary N) is 1. The molecule has 0 fully saturated rings. The van der Waals surface area contributed by atoms with Crippen LogP contribution in [0.2, 0.25) is 5.02 Å². The summed E-state index contributed by atoms with van der Waals surface area (Å²) in [5.74, 6) is -0.160. The van der Waals surface area contributed by atoms with E-state index in [0.717, 1.165) is 11.1 Å². The number of benzene rings is 2. The minimum Gasteiger partial charge on any atom is -0.385 e. The van der Waals surface area contributed by atoms with Crippen molar-refractivity contribution in [2.45, 2.75) is 12.5 Å². The summed E-state index contributed by atoms with van der Waals surface area (Å²) in [6.45, 7) is 1.02. The Morgan fingerprint density at radius 3 is 2.63 bits per heavy atom. The molecule has 1 unspecified atom stereocenters. The van der Waals surface area contributed by atoms with Crippen LogP contribution in [0.4, 0.5) is 5.69 Å². The molecule has 0 saturated heterocycles. The number of halogens is 1. The van der Waals surface area contributed by atoms with E-state index >= 15 is 0 Å². The molecule has 0 aliphatic carbocycles. The second-order valence-electron chi connectivity index (χ2n) is 6.93. The van der Waals surface area contributed by atoms with Crippen LogP contribution in [0.3, 0.4) is 0 Å². The fourth-order valence-electron chi connectivity index (χ4n) is 3.79. The minimum atomic E-state index is -0.452. The maximum absolute atomic E-state index is 13.2. The van der Waals surface area contributed by atoms with Crippen molar-refractivity contribution in [3.63, 3.8) is 0 Å². The maximum Gasteiger partial charge on any atom is 0.273 e. The number of H-pyrrole nitrogens is 1. The van der Waals surface area contributed by atoms with E-state index in [2.05, 4.69) is 10.2 Å². The van der Waals surface area contributed by atoms with Gasteiger partial charge in [0.1, 0.15) is 5.69 Å². The van der Waals surface area contributed by atoms with E-state index in [9.17, 15) is 14.9 Å². The van der Waals surface area contributed by atoms with Crippen LogP contribution in [0, 0.1) is 10.1 Å². The number of carbonyl (C=O) groups excluding carboxylic acids is 1. The van der Waals surface area contributed by atoms with Gasteiger partial charge in [-0.25, -0.2) is 0 Å². The van der Waals surface area contributed by atoms with E-state index in [-0.39, 0.29) is 11.6 Å². The highest BCUT2D eigenvalue weighted by molar-refractivity contribution is 6.31. The Balaban J connectivity index is 1.81. The van der Waals surface area contributed by atoms with E-state index in [1.54, 1.807) is 30.2 Å². The normalized spacial score (nSPS) is 15.5. The third-order valence-electron chi connectivity index (χ3n) is 5.16. The zero-order valence-electron chi connectivity index (χ0n) is 16.2. The molecule has 0 radical (unpaired) electrons. The number of nitrogens with zero attached hydrogens (tertiary/aromatic N) is 3. The average Bonchev–Trinajstić information content (AvgIpc) is 3.28. The van der Waals surface area contributed by atoms with Crippen molar-refractivity contribution in [1.29, 1.82) is 0 Å². The van der Waals surface area contributed by atoms with Crippen molar-refractivity contribution < 1.29 is 14.5 Å². The molecule has 4 rings (SSSR count). The first-order valence-electron chi connectivity index (χ1n) is 9.40. The number of fused-ring (bicyclic) bond motifs is 1. The van der Waals surface area contributed by atoms with Gasteiger partial charge in [-0.15, -0.1) is 0 Å². The van der Waals surface area contributed by atoms with Crippen LogP contribution in [0.1, 0.15) is 34.1 Å². The van der Waals surface area contributed by atoms with E-state index in [1.165, 1.54) is 12.1 Å². The van der Waals surface area contributed by atoms with Gasteiger partial charge in [-0.3, -0.25) is 20.0 Å². The van der Waals surface area contributed by atoms with Crippen molar-refractivity contribution in [3.8, 4) is 11.3 Å². The number of aromatic amines is 1. The van der Waals surface area contributed by atoms with Gasteiger partial charge in [-0.1, -0.05) is 29.8 Å². The van der Waals surface area contributed by atoms with E-state index in [1.807, 2.05) is 18.2 Å². The molecule has 9 heteroatoms. The van der Waals surface area contributed by atoms with Gasteiger partial charge in [0, 0.05) is 48.5 Å². The third kappa shape index (κ3) is 3.44. The molecule has 30 heavy (non-hydrogen) atoms. The Labute approximate surface area is 177 Å². The highest BCUT2D eigenvalue weighted by Crippen LogP contribution is 2.44. The molecule has 3 aromatic rings. The number of non-ortho nitro benzene ring substituents is 1. The van der Waals surface area contributed by atoms with Gasteiger partial charge in [-0.05, 0) is 30.2 Å². The molecule has 1 amide bonds. The number of carbonyl (C=O) groups is 1. The van der Waals surface area contributed by atoms with Crippen molar-refractivity contribution in [1.82, 2.24) is 15.1 Å². The molecule has 2 aromatic carbocycles. The predicted molar refractivity (Wildman–Crippen MR) is 112 cm³/mol. The predicted octanol–water partition coefficient (Wildman–Crippen LogP) is 4.22. The Morgan fingerprint density at radius 1 is 1.23 bits per heavy atom. The number of rotatable bonds is 7. The molecule has 1 aromatic heterocycles. The van der Waals surface area contributed by atoms with E-state index < -0.39 is 11.0 Å². The molecule has 0 saturated carbocycles. The van der Waals surface area contributed by atoms with Crippen molar-refractivity contribution in [2.75, 3.05) is 20.3 Å². The summed E-state index contributed by atoms with van der Waals surface area (Å²) < 4.78 is 5.14. The van der Waals surface area contributed by atoms with Crippen LogP contribution in [0.25, 0.3) is 11.3 Å². The fraction of sp³-hybridized carbons (Fsp3) is 0.238. The highest BCUT2D eigenvalue weighted by Gasteiger charge is 2.42.